The van der Waals surface area contributed by atoms with Crippen molar-refractivity contribution in [1.29, 1.82) is 0 Å². The Kier molecular flexibility index (Phi) is 6.99. The van der Waals surface area contributed by atoms with E-state index in [0.29, 0.717) is 16.9 Å². The summed E-state index contributed by atoms with van der Waals surface area (Å²) < 4.78 is 81.1. The molecular weight excluding hydrogens is 482 g/mol. The number of hydrogen-bond acceptors (Lipinski definition) is 4. The van der Waals surface area contributed by atoms with E-state index >= 15 is 0 Å². The van der Waals surface area contributed by atoms with E-state index in [-0.39, 0.29) is 28.6 Å². The number of nitrogens with one attached hydrogen (secondary N) is 1. The molecule has 0 saturated carbocycles. The molecule has 3 aromatic rings. The monoisotopic (exact) mass is 494 g/mol. The SMILES string of the molecule is O=C(NCCc1cccc(OC(F)(F)F)c1)c1sc(-c2ccccc2Cl)nc1C(F)(F)F. The molecule has 2 aromatic carbocycles. The second kappa shape index (κ2) is 9.37. The number of carbonyl (C=O) groups is 1. The van der Waals surface area contributed by atoms with Gasteiger partial charge in [-0.1, -0.05) is 41.9 Å². The maximum atomic E-state index is 13.4. The minimum absolute atomic E-state index is 0.0647. The Labute approximate surface area is 186 Å². The summed E-state index contributed by atoms with van der Waals surface area (Å²) in [6.45, 7) is -0.120. The predicted octanol–water partition coefficient (Wildman–Crippen LogP) is 6.35. The Hall–Kier alpha value is -2.79. The second-order valence-electron chi connectivity index (χ2n) is 6.38. The molecule has 0 aliphatic heterocycles. The van der Waals surface area contributed by atoms with E-state index in [4.69, 9.17) is 11.6 Å². The van der Waals surface area contributed by atoms with E-state index in [1.54, 1.807) is 12.1 Å². The smallest absolute Gasteiger partial charge is 0.406 e. The maximum Gasteiger partial charge on any atom is 0.573 e. The number of hydrogen-bond donors (Lipinski definition) is 1. The van der Waals surface area contributed by atoms with Gasteiger partial charge in [0.05, 0.1) is 5.02 Å². The molecule has 0 fully saturated rings. The topological polar surface area (TPSA) is 51.2 Å². The standard InChI is InChI=1S/C20H13ClF6N2O2S/c21-14-7-2-1-6-13(14)18-29-16(19(22,23)24)15(32-18)17(30)28-9-8-11-4-3-5-12(10-11)31-20(25,26)27/h1-7,10H,8-9H2,(H,28,30). The van der Waals surface area contributed by atoms with Crippen LogP contribution in [0.3, 0.4) is 0 Å². The Morgan fingerprint density at radius 3 is 2.44 bits per heavy atom. The molecule has 4 nitrogen and oxygen atoms in total. The molecule has 170 valence electrons. The van der Waals surface area contributed by atoms with Crippen molar-refractivity contribution >= 4 is 28.8 Å². The van der Waals surface area contributed by atoms with Crippen LogP contribution in [0.5, 0.6) is 5.75 Å². The number of halogens is 7. The summed E-state index contributed by atoms with van der Waals surface area (Å²) in [5.41, 5.74) is -0.690. The van der Waals surface area contributed by atoms with Gasteiger partial charge >= 0.3 is 12.5 Å². The summed E-state index contributed by atoms with van der Waals surface area (Å²) in [7, 11) is 0. The molecule has 1 N–H and O–H groups in total. The van der Waals surface area contributed by atoms with Crippen LogP contribution in [0.4, 0.5) is 26.3 Å². The second-order valence-corrected chi connectivity index (χ2v) is 7.78. The molecule has 0 spiro atoms. The number of amides is 1. The summed E-state index contributed by atoms with van der Waals surface area (Å²) in [5, 5.41) is 2.46. The molecular formula is C20H13ClF6N2O2S. The maximum absolute atomic E-state index is 13.4. The zero-order valence-electron chi connectivity index (χ0n) is 15.9. The van der Waals surface area contributed by atoms with Crippen LogP contribution in [0.2, 0.25) is 5.02 Å². The number of carbonyl (C=O) groups excluding carboxylic acids is 1. The summed E-state index contributed by atoms with van der Waals surface area (Å²) >= 11 is 6.57. The van der Waals surface area contributed by atoms with E-state index in [0.717, 1.165) is 12.1 Å². The molecule has 0 radical (unpaired) electrons. The molecule has 0 aliphatic rings. The van der Waals surface area contributed by atoms with Crippen LogP contribution in [0.1, 0.15) is 20.9 Å². The summed E-state index contributed by atoms with van der Waals surface area (Å²) in [5.74, 6) is -1.44. The van der Waals surface area contributed by atoms with Gasteiger partial charge in [-0.25, -0.2) is 4.98 Å². The Bertz CT molecular complexity index is 1110. The molecule has 0 saturated heterocycles. The molecule has 32 heavy (non-hydrogen) atoms. The summed E-state index contributed by atoms with van der Waals surface area (Å²) in [6, 6.07) is 11.2. The third-order valence-electron chi connectivity index (χ3n) is 4.04. The van der Waals surface area contributed by atoms with E-state index in [1.807, 2.05) is 0 Å². The highest BCUT2D eigenvalue weighted by Crippen LogP contribution is 2.39. The molecule has 0 atom stereocenters. The van der Waals surface area contributed by atoms with Gasteiger partial charge in [-0.2, -0.15) is 13.2 Å². The highest BCUT2D eigenvalue weighted by Gasteiger charge is 2.40. The minimum Gasteiger partial charge on any atom is -0.406 e. The molecule has 0 bridgehead atoms. The fraction of sp³-hybridized carbons (Fsp3) is 0.200. The number of rotatable bonds is 6. The zero-order chi connectivity index (χ0) is 23.5. The largest absolute Gasteiger partial charge is 0.573 e. The van der Waals surface area contributed by atoms with Gasteiger partial charge in [-0.05, 0) is 30.2 Å². The highest BCUT2D eigenvalue weighted by molar-refractivity contribution is 7.17. The van der Waals surface area contributed by atoms with Gasteiger partial charge in [0.1, 0.15) is 15.6 Å². The Morgan fingerprint density at radius 2 is 1.78 bits per heavy atom. The first-order chi connectivity index (χ1) is 14.9. The van der Waals surface area contributed by atoms with Crippen LogP contribution in [0, 0.1) is 0 Å². The van der Waals surface area contributed by atoms with Crippen LogP contribution in [0.15, 0.2) is 48.5 Å². The van der Waals surface area contributed by atoms with Crippen LogP contribution >= 0.6 is 22.9 Å². The quantitative estimate of drug-likeness (QED) is 0.406. The Balaban J connectivity index is 1.74. The van der Waals surface area contributed by atoms with Gasteiger partial charge in [0, 0.05) is 12.1 Å². The summed E-state index contributed by atoms with van der Waals surface area (Å²) in [6.07, 6.45) is -9.66. The lowest BCUT2D eigenvalue weighted by molar-refractivity contribution is -0.274. The fourth-order valence-corrected chi connectivity index (χ4v) is 4.04. The van der Waals surface area contributed by atoms with Crippen molar-refractivity contribution in [3.05, 3.63) is 69.7 Å². The van der Waals surface area contributed by atoms with Crippen LogP contribution < -0.4 is 10.1 Å². The third kappa shape index (κ3) is 6.13. The molecule has 1 aromatic heterocycles. The lowest BCUT2D eigenvalue weighted by Crippen LogP contribution is -2.27. The predicted molar refractivity (Wildman–Crippen MR) is 107 cm³/mol. The first kappa shape index (κ1) is 23.9. The molecule has 12 heteroatoms. The molecule has 0 aliphatic carbocycles. The van der Waals surface area contributed by atoms with Gasteiger partial charge in [0.25, 0.3) is 5.91 Å². The van der Waals surface area contributed by atoms with Crippen molar-refractivity contribution in [2.75, 3.05) is 6.54 Å². The lowest BCUT2D eigenvalue weighted by atomic mass is 10.1. The number of alkyl halides is 6. The van der Waals surface area contributed by atoms with Gasteiger partial charge in [-0.15, -0.1) is 24.5 Å². The molecule has 3 rings (SSSR count). The van der Waals surface area contributed by atoms with Gasteiger partial charge in [0.2, 0.25) is 0 Å². The van der Waals surface area contributed by atoms with Crippen molar-refractivity contribution in [3.8, 4) is 16.3 Å². The number of thiazole rings is 1. The van der Waals surface area contributed by atoms with Crippen LogP contribution in [-0.2, 0) is 12.6 Å². The Morgan fingerprint density at radius 1 is 1.06 bits per heavy atom. The highest BCUT2D eigenvalue weighted by atomic mass is 35.5. The summed E-state index contributed by atoms with van der Waals surface area (Å²) in [4.78, 5) is 15.4. The first-order valence-electron chi connectivity index (χ1n) is 8.90. The van der Waals surface area contributed by atoms with E-state index in [9.17, 15) is 31.1 Å². The van der Waals surface area contributed by atoms with Gasteiger partial charge in [-0.3, -0.25) is 4.79 Å². The van der Waals surface area contributed by atoms with Gasteiger partial charge in [0.15, 0.2) is 5.69 Å². The number of ether oxygens (including phenoxy) is 1. The first-order valence-corrected chi connectivity index (χ1v) is 10.1. The van der Waals surface area contributed by atoms with E-state index in [2.05, 4.69) is 15.0 Å². The average Bonchev–Trinajstić information content (AvgIpc) is 3.13. The van der Waals surface area contributed by atoms with E-state index < -0.39 is 34.8 Å². The van der Waals surface area contributed by atoms with Crippen LogP contribution in [-0.4, -0.2) is 23.8 Å². The molecule has 0 unspecified atom stereocenters. The average molecular weight is 495 g/mol. The van der Waals surface area contributed by atoms with Crippen molar-refractivity contribution in [2.24, 2.45) is 0 Å². The zero-order valence-corrected chi connectivity index (χ0v) is 17.4. The third-order valence-corrected chi connectivity index (χ3v) is 5.45. The normalized spacial score (nSPS) is 12.0. The number of nitrogens with zero attached hydrogens (tertiary/aromatic N) is 1. The van der Waals surface area contributed by atoms with Crippen molar-refractivity contribution in [3.63, 3.8) is 0 Å². The molecule has 1 amide bonds. The van der Waals surface area contributed by atoms with Crippen LogP contribution in [0.25, 0.3) is 10.6 Å². The number of aromatic nitrogens is 1. The van der Waals surface area contributed by atoms with Crippen molar-refractivity contribution < 1.29 is 35.9 Å². The minimum atomic E-state index is -4.87. The van der Waals surface area contributed by atoms with E-state index in [1.165, 1.54) is 24.3 Å². The van der Waals surface area contributed by atoms with Crippen molar-refractivity contribution in [1.82, 2.24) is 10.3 Å². The van der Waals surface area contributed by atoms with Gasteiger partial charge < -0.3 is 10.1 Å². The number of benzene rings is 2. The molecule has 1 heterocycles. The van der Waals surface area contributed by atoms with Crippen molar-refractivity contribution in [2.45, 2.75) is 19.0 Å². The lowest BCUT2D eigenvalue weighted by Gasteiger charge is -2.10. The fourth-order valence-electron chi connectivity index (χ4n) is 2.71.